The number of Topliss-reactive ketones (excluding diaryl/α,β-unsaturated/α-hetero) is 1. The maximum absolute atomic E-state index is 12.7. The summed E-state index contributed by atoms with van der Waals surface area (Å²) in [6.07, 6.45) is 3.99. The molecule has 2 aromatic rings. The summed E-state index contributed by atoms with van der Waals surface area (Å²) in [5.41, 5.74) is 2.79. The fourth-order valence-corrected chi connectivity index (χ4v) is 3.46. The summed E-state index contributed by atoms with van der Waals surface area (Å²) in [5.74, 6) is 0.914. The van der Waals surface area contributed by atoms with Crippen molar-refractivity contribution in [2.75, 3.05) is 13.1 Å². The first-order chi connectivity index (χ1) is 11.2. The van der Waals surface area contributed by atoms with Crippen molar-refractivity contribution in [3.63, 3.8) is 0 Å². The maximum Gasteiger partial charge on any atom is 0.163 e. The number of ketones is 1. The van der Waals surface area contributed by atoms with Crippen molar-refractivity contribution in [2.24, 2.45) is 5.92 Å². The zero-order chi connectivity index (χ0) is 16.1. The molecule has 1 saturated heterocycles. The van der Waals surface area contributed by atoms with Crippen molar-refractivity contribution in [3.8, 4) is 11.1 Å². The number of carbonyl (C=O) groups is 1. The van der Waals surface area contributed by atoms with Crippen LogP contribution in [0.15, 0.2) is 48.5 Å². The van der Waals surface area contributed by atoms with Gasteiger partial charge < -0.3 is 5.32 Å². The lowest BCUT2D eigenvalue weighted by Crippen LogP contribution is -2.28. The molecule has 0 radical (unpaired) electrons. The molecular weight excluding hydrogens is 306 g/mol. The van der Waals surface area contributed by atoms with Crippen LogP contribution in [0.5, 0.6) is 0 Å². The average molecular weight is 328 g/mol. The maximum atomic E-state index is 12.7. The highest BCUT2D eigenvalue weighted by molar-refractivity contribution is 6.30. The molecule has 1 N–H and O–H groups in total. The summed E-state index contributed by atoms with van der Waals surface area (Å²) in [4.78, 5) is 12.7. The number of hydrogen-bond acceptors (Lipinski definition) is 2. The van der Waals surface area contributed by atoms with Crippen molar-refractivity contribution in [1.82, 2.24) is 5.32 Å². The van der Waals surface area contributed by atoms with E-state index in [0.717, 1.165) is 36.2 Å². The van der Waals surface area contributed by atoms with Gasteiger partial charge in [-0.1, -0.05) is 48.0 Å². The van der Waals surface area contributed by atoms with Gasteiger partial charge in [0.25, 0.3) is 0 Å². The van der Waals surface area contributed by atoms with Crippen molar-refractivity contribution in [1.29, 1.82) is 0 Å². The van der Waals surface area contributed by atoms with Gasteiger partial charge >= 0.3 is 0 Å². The minimum Gasteiger partial charge on any atom is -0.317 e. The summed E-state index contributed by atoms with van der Waals surface area (Å²) in [7, 11) is 0. The van der Waals surface area contributed by atoms with E-state index >= 15 is 0 Å². The topological polar surface area (TPSA) is 29.1 Å². The zero-order valence-corrected chi connectivity index (χ0v) is 14.0. The summed E-state index contributed by atoms with van der Waals surface area (Å²) in [6.45, 7) is 2.16. The molecule has 2 nitrogen and oxygen atoms in total. The third kappa shape index (κ3) is 4.21. The molecule has 3 heteroatoms. The first-order valence-electron chi connectivity index (χ1n) is 8.33. The van der Waals surface area contributed by atoms with Crippen LogP contribution in [0.4, 0.5) is 0 Å². The van der Waals surface area contributed by atoms with Crippen LogP contribution in [0, 0.1) is 5.92 Å². The smallest absolute Gasteiger partial charge is 0.163 e. The van der Waals surface area contributed by atoms with E-state index in [9.17, 15) is 4.79 Å². The fourth-order valence-electron chi connectivity index (χ4n) is 3.27. The Morgan fingerprint density at radius 3 is 2.65 bits per heavy atom. The highest BCUT2D eigenvalue weighted by atomic mass is 35.5. The van der Waals surface area contributed by atoms with Crippen LogP contribution in [-0.4, -0.2) is 18.9 Å². The monoisotopic (exact) mass is 327 g/mol. The Kier molecular flexibility index (Phi) is 5.47. The Morgan fingerprint density at radius 1 is 1.09 bits per heavy atom. The Balaban J connectivity index is 1.75. The van der Waals surface area contributed by atoms with Gasteiger partial charge in [-0.3, -0.25) is 4.79 Å². The van der Waals surface area contributed by atoms with E-state index in [0.29, 0.717) is 17.4 Å². The van der Waals surface area contributed by atoms with E-state index in [1.54, 1.807) is 0 Å². The second-order valence-corrected chi connectivity index (χ2v) is 6.65. The third-order valence-corrected chi connectivity index (χ3v) is 4.84. The SMILES string of the molecule is O=C(CCC1CCNCC1)c1ccccc1-c1cccc(Cl)c1. The predicted octanol–water partition coefficient (Wildman–Crippen LogP) is 4.97. The molecule has 120 valence electrons. The van der Waals surface area contributed by atoms with Crippen molar-refractivity contribution >= 4 is 17.4 Å². The summed E-state index contributed by atoms with van der Waals surface area (Å²) in [5, 5.41) is 4.07. The molecule has 0 aromatic heterocycles. The lowest BCUT2D eigenvalue weighted by atomic mass is 9.89. The number of hydrogen-bond donors (Lipinski definition) is 1. The minimum atomic E-state index is 0.235. The number of piperidine rings is 1. The highest BCUT2D eigenvalue weighted by Crippen LogP contribution is 2.28. The number of carbonyl (C=O) groups excluding carboxylic acids is 1. The van der Waals surface area contributed by atoms with Crippen LogP contribution < -0.4 is 5.32 Å². The Bertz CT molecular complexity index is 677. The second kappa shape index (κ2) is 7.76. The molecular formula is C20H22ClNO. The molecule has 0 unspecified atom stereocenters. The first-order valence-corrected chi connectivity index (χ1v) is 8.71. The average Bonchev–Trinajstić information content (AvgIpc) is 2.60. The molecule has 0 aliphatic carbocycles. The largest absolute Gasteiger partial charge is 0.317 e. The highest BCUT2D eigenvalue weighted by Gasteiger charge is 2.17. The Labute approximate surface area is 142 Å². The molecule has 1 aliphatic heterocycles. The van der Waals surface area contributed by atoms with Crippen molar-refractivity contribution in [3.05, 3.63) is 59.1 Å². The van der Waals surface area contributed by atoms with Crippen LogP contribution in [0.25, 0.3) is 11.1 Å². The van der Waals surface area contributed by atoms with E-state index in [4.69, 9.17) is 11.6 Å². The van der Waals surface area contributed by atoms with Gasteiger partial charge in [0.1, 0.15) is 0 Å². The second-order valence-electron chi connectivity index (χ2n) is 6.21. The molecule has 0 spiro atoms. The van der Waals surface area contributed by atoms with E-state index in [-0.39, 0.29) is 5.78 Å². The van der Waals surface area contributed by atoms with Crippen LogP contribution in [0.1, 0.15) is 36.0 Å². The normalized spacial score (nSPS) is 15.5. The molecule has 0 atom stereocenters. The van der Waals surface area contributed by atoms with Gasteiger partial charge in [0.15, 0.2) is 5.78 Å². The van der Waals surface area contributed by atoms with Gasteiger partial charge in [0.05, 0.1) is 0 Å². The van der Waals surface area contributed by atoms with Gasteiger partial charge in [-0.15, -0.1) is 0 Å². The quantitative estimate of drug-likeness (QED) is 0.785. The van der Waals surface area contributed by atoms with E-state index < -0.39 is 0 Å². The molecule has 0 saturated carbocycles. The fraction of sp³-hybridized carbons (Fsp3) is 0.350. The molecule has 1 heterocycles. The predicted molar refractivity (Wildman–Crippen MR) is 96.0 cm³/mol. The number of rotatable bonds is 5. The Morgan fingerprint density at radius 2 is 1.87 bits per heavy atom. The van der Waals surface area contributed by atoms with Gasteiger partial charge in [-0.25, -0.2) is 0 Å². The van der Waals surface area contributed by atoms with Crippen LogP contribution in [0.3, 0.4) is 0 Å². The number of benzene rings is 2. The molecule has 23 heavy (non-hydrogen) atoms. The molecule has 1 fully saturated rings. The lowest BCUT2D eigenvalue weighted by Gasteiger charge is -2.22. The van der Waals surface area contributed by atoms with Gasteiger partial charge in [0.2, 0.25) is 0 Å². The third-order valence-electron chi connectivity index (χ3n) is 4.60. The summed E-state index contributed by atoms with van der Waals surface area (Å²) >= 11 is 6.10. The summed E-state index contributed by atoms with van der Waals surface area (Å²) < 4.78 is 0. The van der Waals surface area contributed by atoms with Gasteiger partial charge in [-0.2, -0.15) is 0 Å². The minimum absolute atomic E-state index is 0.235. The molecule has 2 aromatic carbocycles. The van der Waals surface area contributed by atoms with Crippen molar-refractivity contribution in [2.45, 2.75) is 25.7 Å². The van der Waals surface area contributed by atoms with Crippen molar-refractivity contribution < 1.29 is 4.79 Å². The summed E-state index contributed by atoms with van der Waals surface area (Å²) in [6, 6.07) is 15.5. The molecule has 0 bridgehead atoms. The van der Waals surface area contributed by atoms with Gasteiger partial charge in [0, 0.05) is 17.0 Å². The van der Waals surface area contributed by atoms with E-state index in [1.165, 1.54) is 12.8 Å². The van der Waals surface area contributed by atoms with Crippen LogP contribution in [-0.2, 0) is 0 Å². The number of nitrogens with one attached hydrogen (secondary N) is 1. The standard InChI is InChI=1S/C20H22ClNO/c21-17-5-3-4-16(14-17)18-6-1-2-7-19(18)20(23)9-8-15-10-12-22-13-11-15/h1-7,14-15,22H,8-13H2. The van der Waals surface area contributed by atoms with E-state index in [2.05, 4.69) is 5.32 Å². The van der Waals surface area contributed by atoms with Crippen LogP contribution in [0.2, 0.25) is 5.02 Å². The van der Waals surface area contributed by atoms with E-state index in [1.807, 2.05) is 48.5 Å². The Hall–Kier alpha value is -1.64. The molecule has 3 rings (SSSR count). The molecule has 0 amide bonds. The zero-order valence-electron chi connectivity index (χ0n) is 13.2. The molecule has 1 aliphatic rings. The van der Waals surface area contributed by atoms with Gasteiger partial charge in [-0.05, 0) is 61.5 Å². The lowest BCUT2D eigenvalue weighted by molar-refractivity contribution is 0.0971. The van der Waals surface area contributed by atoms with Crippen LogP contribution >= 0.6 is 11.6 Å². The first kappa shape index (κ1) is 16.2. The number of halogens is 1.